The molecule has 1 amide bonds. The van der Waals surface area contributed by atoms with Crippen LogP contribution in [0.2, 0.25) is 0 Å². The average Bonchev–Trinajstić information content (AvgIpc) is 3.32. The molecule has 0 radical (unpaired) electrons. The Morgan fingerprint density at radius 2 is 1.86 bits per heavy atom. The number of carbonyl (C=O) groups is 1. The monoisotopic (exact) mass is 582 g/mol. The highest BCUT2D eigenvalue weighted by molar-refractivity contribution is 7.89. The Bertz CT molecular complexity index is 1730. The van der Waals surface area contributed by atoms with Gasteiger partial charge in [-0.25, -0.2) is 18.1 Å². The van der Waals surface area contributed by atoms with Gasteiger partial charge in [-0.3, -0.25) is 4.79 Å². The summed E-state index contributed by atoms with van der Waals surface area (Å²) in [5.41, 5.74) is 4.69. The predicted octanol–water partition coefficient (Wildman–Crippen LogP) is 6.06. The molecular weight excluding hydrogens is 544 g/mol. The van der Waals surface area contributed by atoms with Crippen molar-refractivity contribution in [2.45, 2.75) is 63.4 Å². The van der Waals surface area contributed by atoms with Crippen molar-refractivity contribution in [1.82, 2.24) is 14.3 Å². The van der Waals surface area contributed by atoms with E-state index >= 15 is 0 Å². The lowest BCUT2D eigenvalue weighted by molar-refractivity contribution is -0.120. The van der Waals surface area contributed by atoms with Crippen LogP contribution in [0, 0.1) is 18.3 Å². The number of anilines is 1. The maximum absolute atomic E-state index is 14.4. The summed E-state index contributed by atoms with van der Waals surface area (Å²) in [6.45, 7) is 6.54. The van der Waals surface area contributed by atoms with Crippen LogP contribution in [0.1, 0.15) is 66.7 Å². The Kier molecular flexibility index (Phi) is 7.31. The summed E-state index contributed by atoms with van der Waals surface area (Å²) in [5, 5.41) is 0. The molecule has 6 rings (SSSR count). The lowest BCUT2D eigenvalue weighted by Gasteiger charge is -2.30. The van der Waals surface area contributed by atoms with Crippen molar-refractivity contribution in [3.8, 4) is 0 Å². The lowest BCUT2D eigenvalue weighted by atomic mass is 9.87. The molecule has 2 aliphatic carbocycles. The Morgan fingerprint density at radius 1 is 1.07 bits per heavy atom. The van der Waals surface area contributed by atoms with Gasteiger partial charge in [0.1, 0.15) is 5.82 Å². The lowest BCUT2D eigenvalue weighted by Crippen LogP contribution is -2.35. The van der Waals surface area contributed by atoms with Gasteiger partial charge in [0.2, 0.25) is 15.9 Å². The van der Waals surface area contributed by atoms with Crippen LogP contribution in [0.25, 0.3) is 0 Å². The third kappa shape index (κ3) is 5.29. The zero-order valence-electron chi connectivity index (χ0n) is 24.6. The van der Waals surface area contributed by atoms with Crippen molar-refractivity contribution in [1.29, 1.82) is 0 Å². The van der Waals surface area contributed by atoms with Crippen LogP contribution in [0.3, 0.4) is 0 Å². The van der Waals surface area contributed by atoms with Gasteiger partial charge in [-0.2, -0.15) is 0 Å². The topological polar surface area (TPSA) is 84.3 Å². The van der Waals surface area contributed by atoms with Crippen molar-refractivity contribution in [2.75, 3.05) is 4.90 Å². The van der Waals surface area contributed by atoms with E-state index in [4.69, 9.17) is 0 Å². The number of carbonyl (C=O) groups excluding carboxylic acids is 1. The number of nitrogens with one attached hydrogen (secondary N) is 1. The average molecular weight is 583 g/mol. The second-order valence-corrected chi connectivity index (χ2v) is 14.0. The number of aryl methyl sites for hydroxylation is 3. The molecule has 1 N–H and O–H groups in total. The third-order valence-electron chi connectivity index (χ3n) is 9.09. The van der Waals surface area contributed by atoms with Crippen LogP contribution in [0.15, 0.2) is 90.1 Å². The van der Waals surface area contributed by atoms with Gasteiger partial charge in [0.25, 0.3) is 0 Å². The van der Waals surface area contributed by atoms with Crippen molar-refractivity contribution < 1.29 is 13.2 Å². The number of fused-ring (bicyclic) bond motifs is 1. The molecule has 3 atom stereocenters. The number of rotatable bonds is 8. The van der Waals surface area contributed by atoms with Crippen molar-refractivity contribution in [3.63, 3.8) is 0 Å². The zero-order chi connectivity index (χ0) is 29.6. The van der Waals surface area contributed by atoms with Crippen LogP contribution < -0.4 is 9.62 Å². The smallest absolute Gasteiger partial charge is 0.241 e. The van der Waals surface area contributed by atoms with E-state index in [1.165, 1.54) is 5.56 Å². The molecule has 4 aromatic rings. The number of benzene rings is 3. The molecule has 1 aromatic heterocycles. The van der Waals surface area contributed by atoms with Crippen molar-refractivity contribution >= 4 is 21.6 Å². The first kappa shape index (κ1) is 28.4. The summed E-state index contributed by atoms with van der Waals surface area (Å²) in [7, 11) is -1.79. The standard InChI is InChI=1S/C34H38N4O3S/c1-23-10-8-14-27(20-23)42(40,41)36-29-15-9-13-24-16-17-26(21-28(24)29)38(22-30-35-18-19-37(30)4)33(39)32-31(34(32,2)3)25-11-6-5-7-12-25/h5-8,10-12,14,16-21,29,31-32,36H,9,13,15,22H2,1-4H3/t29-,31+,32-/m1/s1. The fraction of sp³-hybridized carbons (Fsp3) is 0.353. The van der Waals surface area contributed by atoms with Gasteiger partial charge in [-0.05, 0) is 78.1 Å². The van der Waals surface area contributed by atoms with E-state index in [-0.39, 0.29) is 34.1 Å². The number of amides is 1. The Hall–Kier alpha value is -3.75. The van der Waals surface area contributed by atoms with Gasteiger partial charge in [0.15, 0.2) is 0 Å². The predicted molar refractivity (Wildman–Crippen MR) is 164 cm³/mol. The van der Waals surface area contributed by atoms with E-state index in [0.29, 0.717) is 13.0 Å². The van der Waals surface area contributed by atoms with Gasteiger partial charge < -0.3 is 9.47 Å². The minimum absolute atomic E-state index is 0.0597. The molecule has 218 valence electrons. The normalized spacial score (nSPS) is 21.0. The van der Waals surface area contributed by atoms with Gasteiger partial charge in [0.05, 0.1) is 17.4 Å². The second kappa shape index (κ2) is 10.8. The van der Waals surface area contributed by atoms with Crippen LogP contribution in [-0.2, 0) is 34.8 Å². The maximum atomic E-state index is 14.4. The fourth-order valence-electron chi connectivity index (χ4n) is 6.65. The molecule has 1 fully saturated rings. The summed E-state index contributed by atoms with van der Waals surface area (Å²) in [6, 6.07) is 22.9. The summed E-state index contributed by atoms with van der Waals surface area (Å²) >= 11 is 0. The first-order valence-electron chi connectivity index (χ1n) is 14.6. The maximum Gasteiger partial charge on any atom is 0.241 e. The molecule has 0 saturated heterocycles. The van der Waals surface area contributed by atoms with Gasteiger partial charge in [0, 0.05) is 37.1 Å². The fourth-order valence-corrected chi connectivity index (χ4v) is 8.00. The van der Waals surface area contributed by atoms with Gasteiger partial charge in [-0.1, -0.05) is 62.4 Å². The van der Waals surface area contributed by atoms with Crippen LogP contribution in [0.4, 0.5) is 5.69 Å². The SMILES string of the molecule is Cc1cccc(S(=O)(=O)N[C@@H]2CCCc3ccc(N(Cc4nccn4C)C(=O)[C@H]4[C@H](c5ccccc5)C4(C)C)cc32)c1. The molecule has 0 spiro atoms. The molecule has 42 heavy (non-hydrogen) atoms. The minimum Gasteiger partial charge on any atom is -0.337 e. The molecular formula is C34H38N4O3S. The summed E-state index contributed by atoms with van der Waals surface area (Å²) in [5.74, 6) is 0.797. The first-order valence-corrected chi connectivity index (χ1v) is 16.1. The first-order chi connectivity index (χ1) is 20.1. The number of imidazole rings is 1. The molecule has 0 aliphatic heterocycles. The van der Waals surface area contributed by atoms with E-state index in [2.05, 4.69) is 41.8 Å². The molecule has 2 aliphatic rings. The largest absolute Gasteiger partial charge is 0.337 e. The van der Waals surface area contributed by atoms with Crippen molar-refractivity contribution in [2.24, 2.45) is 18.4 Å². The molecule has 0 unspecified atom stereocenters. The quantitative estimate of drug-likeness (QED) is 0.274. The van der Waals surface area contributed by atoms with E-state index < -0.39 is 10.0 Å². The van der Waals surface area contributed by atoms with Gasteiger partial charge in [-0.15, -0.1) is 0 Å². The second-order valence-electron chi connectivity index (χ2n) is 12.3. The summed E-state index contributed by atoms with van der Waals surface area (Å²) < 4.78 is 31.7. The van der Waals surface area contributed by atoms with Crippen LogP contribution >= 0.6 is 0 Å². The molecule has 7 nitrogen and oxygen atoms in total. The molecule has 3 aromatic carbocycles. The minimum atomic E-state index is -3.72. The Labute approximate surface area is 248 Å². The van der Waals surface area contributed by atoms with E-state index in [9.17, 15) is 13.2 Å². The van der Waals surface area contributed by atoms with Crippen molar-refractivity contribution in [3.05, 3.63) is 113 Å². The third-order valence-corrected chi connectivity index (χ3v) is 10.6. The highest BCUT2D eigenvalue weighted by atomic mass is 32.2. The summed E-state index contributed by atoms with van der Waals surface area (Å²) in [4.78, 5) is 21.1. The molecule has 1 saturated carbocycles. The highest BCUT2D eigenvalue weighted by Gasteiger charge is 2.63. The number of hydrogen-bond acceptors (Lipinski definition) is 4. The number of nitrogens with zero attached hydrogens (tertiary/aromatic N) is 3. The molecule has 8 heteroatoms. The van der Waals surface area contributed by atoms with E-state index in [1.807, 2.05) is 66.0 Å². The highest BCUT2D eigenvalue weighted by Crippen LogP contribution is 2.65. The number of aromatic nitrogens is 2. The number of sulfonamides is 1. The van der Waals surface area contributed by atoms with Crippen LogP contribution in [-0.4, -0.2) is 23.9 Å². The summed E-state index contributed by atoms with van der Waals surface area (Å²) in [6.07, 6.45) is 6.08. The number of hydrogen-bond donors (Lipinski definition) is 1. The van der Waals surface area contributed by atoms with E-state index in [0.717, 1.165) is 41.0 Å². The molecule has 0 bridgehead atoms. The zero-order valence-corrected chi connectivity index (χ0v) is 25.4. The Balaban J connectivity index is 1.35. The van der Waals surface area contributed by atoms with E-state index in [1.54, 1.807) is 24.4 Å². The van der Waals surface area contributed by atoms with Gasteiger partial charge >= 0.3 is 0 Å². The van der Waals surface area contributed by atoms with Crippen LogP contribution in [0.5, 0.6) is 0 Å². The molecule has 1 heterocycles. The Morgan fingerprint density at radius 3 is 2.57 bits per heavy atom.